The van der Waals surface area contributed by atoms with E-state index >= 15 is 0 Å². The first-order valence-electron chi connectivity index (χ1n) is 10.2. The summed E-state index contributed by atoms with van der Waals surface area (Å²) in [6.45, 7) is 0.888. The maximum Gasteiger partial charge on any atom is 0.349 e. The summed E-state index contributed by atoms with van der Waals surface area (Å²) >= 11 is 3.39. The van der Waals surface area contributed by atoms with Crippen molar-refractivity contribution in [2.75, 3.05) is 13.2 Å². The van der Waals surface area contributed by atoms with E-state index in [1.54, 1.807) is 18.2 Å². The number of rotatable bonds is 5. The third-order valence-electron chi connectivity index (χ3n) is 6.72. The van der Waals surface area contributed by atoms with Gasteiger partial charge in [-0.1, -0.05) is 15.9 Å². The van der Waals surface area contributed by atoms with Gasteiger partial charge < -0.3 is 14.5 Å². The van der Waals surface area contributed by atoms with Gasteiger partial charge in [0.25, 0.3) is 5.91 Å². The summed E-state index contributed by atoms with van der Waals surface area (Å²) in [7, 11) is 0. The minimum absolute atomic E-state index is 0.0282. The highest BCUT2D eigenvalue weighted by Crippen LogP contribution is 2.57. The number of nitrogens with one attached hydrogen (secondary N) is 1. The molecule has 1 N–H and O–H groups in total. The number of halogens is 1. The van der Waals surface area contributed by atoms with Crippen molar-refractivity contribution in [2.45, 2.75) is 44.1 Å². The van der Waals surface area contributed by atoms with Gasteiger partial charge in [-0.15, -0.1) is 0 Å². The number of hydrogen-bond donors (Lipinski definition) is 1. The average molecular weight is 446 g/mol. The smallest absolute Gasteiger partial charge is 0.349 e. The predicted octanol–water partition coefficient (Wildman–Crippen LogP) is 4.27. The molecule has 1 aromatic heterocycles. The first-order valence-corrected chi connectivity index (χ1v) is 10.9. The van der Waals surface area contributed by atoms with Crippen LogP contribution in [0.25, 0.3) is 11.0 Å². The van der Waals surface area contributed by atoms with Gasteiger partial charge in [0.15, 0.2) is 0 Å². The average Bonchev–Trinajstić information content (AvgIpc) is 2.64. The molecule has 6 rings (SSSR count). The molecule has 0 radical (unpaired) electrons. The van der Waals surface area contributed by atoms with Crippen LogP contribution in [-0.2, 0) is 4.74 Å². The van der Waals surface area contributed by atoms with Crippen LogP contribution >= 0.6 is 15.9 Å². The Kier molecular flexibility index (Phi) is 4.59. The minimum Gasteiger partial charge on any atom is -0.422 e. The van der Waals surface area contributed by atoms with Crippen LogP contribution in [0.5, 0.6) is 0 Å². The maximum atomic E-state index is 12.5. The molecule has 148 valence electrons. The van der Waals surface area contributed by atoms with E-state index in [4.69, 9.17) is 9.15 Å². The summed E-state index contributed by atoms with van der Waals surface area (Å²) in [6, 6.07) is 6.92. The fourth-order valence-corrected chi connectivity index (χ4v) is 6.37. The van der Waals surface area contributed by atoms with Gasteiger partial charge in [-0.3, -0.25) is 4.79 Å². The normalized spacial score (nSPS) is 30.7. The zero-order chi connectivity index (χ0) is 19.3. The SMILES string of the molecule is O=C(NCCOC12CC3CC(CC(C3)C1)C2)c1cc2cc(Br)ccc2oc1=O. The molecule has 28 heavy (non-hydrogen) atoms. The first-order chi connectivity index (χ1) is 13.5. The molecule has 1 aromatic carbocycles. The molecule has 0 spiro atoms. The number of ether oxygens (including phenoxy) is 1. The number of fused-ring (bicyclic) bond motifs is 1. The van der Waals surface area contributed by atoms with Crippen molar-refractivity contribution in [3.8, 4) is 0 Å². The molecular weight excluding hydrogens is 422 g/mol. The van der Waals surface area contributed by atoms with Gasteiger partial charge in [0.2, 0.25) is 0 Å². The lowest BCUT2D eigenvalue weighted by Gasteiger charge is -2.56. The molecule has 4 fully saturated rings. The van der Waals surface area contributed by atoms with Crippen LogP contribution < -0.4 is 10.9 Å². The lowest BCUT2D eigenvalue weighted by Crippen LogP contribution is -2.52. The summed E-state index contributed by atoms with van der Waals surface area (Å²) in [5, 5.41) is 3.53. The lowest BCUT2D eigenvalue weighted by molar-refractivity contribution is -0.160. The zero-order valence-corrected chi connectivity index (χ0v) is 17.3. The van der Waals surface area contributed by atoms with Crippen LogP contribution in [0.3, 0.4) is 0 Å². The molecule has 0 atom stereocenters. The Bertz CT molecular complexity index is 947. The summed E-state index contributed by atoms with van der Waals surface area (Å²) in [6.07, 6.45) is 7.68. The van der Waals surface area contributed by atoms with E-state index in [0.717, 1.165) is 22.2 Å². The van der Waals surface area contributed by atoms with Crippen molar-refractivity contribution < 1.29 is 13.9 Å². The van der Waals surface area contributed by atoms with Gasteiger partial charge in [-0.05, 0) is 80.5 Å². The van der Waals surface area contributed by atoms with E-state index in [1.165, 1.54) is 38.5 Å². The van der Waals surface area contributed by atoms with E-state index in [2.05, 4.69) is 21.2 Å². The van der Waals surface area contributed by atoms with Crippen molar-refractivity contribution in [3.05, 3.63) is 44.7 Å². The van der Waals surface area contributed by atoms with Crippen LogP contribution in [0.2, 0.25) is 0 Å². The molecular formula is C22H24BrNO4. The van der Waals surface area contributed by atoms with Crippen LogP contribution in [0.1, 0.15) is 48.9 Å². The first kappa shape index (κ1) is 18.4. The predicted molar refractivity (Wildman–Crippen MR) is 109 cm³/mol. The molecule has 4 saturated carbocycles. The summed E-state index contributed by atoms with van der Waals surface area (Å²) in [5.74, 6) is 2.09. The molecule has 2 aromatic rings. The molecule has 0 unspecified atom stereocenters. The van der Waals surface area contributed by atoms with Gasteiger partial charge in [-0.2, -0.15) is 0 Å². The van der Waals surface area contributed by atoms with Crippen LogP contribution in [0.4, 0.5) is 0 Å². The molecule has 4 aliphatic carbocycles. The Hall–Kier alpha value is -1.66. The van der Waals surface area contributed by atoms with E-state index < -0.39 is 11.5 Å². The third kappa shape index (κ3) is 3.41. The van der Waals surface area contributed by atoms with Crippen molar-refractivity contribution in [2.24, 2.45) is 17.8 Å². The highest BCUT2D eigenvalue weighted by molar-refractivity contribution is 9.10. The molecule has 4 aliphatic rings. The Morgan fingerprint density at radius 2 is 1.82 bits per heavy atom. The van der Waals surface area contributed by atoms with Gasteiger partial charge in [0.05, 0.1) is 12.2 Å². The van der Waals surface area contributed by atoms with Crippen LogP contribution in [0.15, 0.2) is 37.9 Å². The minimum atomic E-state index is -0.616. The van der Waals surface area contributed by atoms with E-state index in [1.807, 2.05) is 6.07 Å². The number of carbonyl (C=O) groups is 1. The van der Waals surface area contributed by atoms with E-state index in [0.29, 0.717) is 24.1 Å². The van der Waals surface area contributed by atoms with Gasteiger partial charge in [-0.25, -0.2) is 4.79 Å². The van der Waals surface area contributed by atoms with Crippen molar-refractivity contribution in [1.29, 1.82) is 0 Å². The molecule has 0 aliphatic heterocycles. The fourth-order valence-electron chi connectivity index (χ4n) is 5.99. The summed E-state index contributed by atoms with van der Waals surface area (Å²) in [5.41, 5.74) is -0.0853. The molecule has 1 heterocycles. The largest absolute Gasteiger partial charge is 0.422 e. The van der Waals surface area contributed by atoms with Crippen LogP contribution in [0, 0.1) is 17.8 Å². The molecule has 4 bridgehead atoms. The van der Waals surface area contributed by atoms with Gasteiger partial charge in [0.1, 0.15) is 11.1 Å². The van der Waals surface area contributed by atoms with Crippen molar-refractivity contribution >= 4 is 32.8 Å². The van der Waals surface area contributed by atoms with Crippen molar-refractivity contribution in [3.63, 3.8) is 0 Å². The lowest BCUT2D eigenvalue weighted by atomic mass is 9.54. The topological polar surface area (TPSA) is 68.5 Å². The Labute approximate surface area is 171 Å². The Balaban J connectivity index is 1.21. The highest BCUT2D eigenvalue weighted by Gasteiger charge is 2.51. The molecule has 0 saturated heterocycles. The fraction of sp³-hybridized carbons (Fsp3) is 0.545. The summed E-state index contributed by atoms with van der Waals surface area (Å²) in [4.78, 5) is 24.6. The van der Waals surface area contributed by atoms with E-state index in [9.17, 15) is 9.59 Å². The van der Waals surface area contributed by atoms with Crippen molar-refractivity contribution in [1.82, 2.24) is 5.32 Å². The monoisotopic (exact) mass is 445 g/mol. The van der Waals surface area contributed by atoms with Gasteiger partial charge in [0, 0.05) is 16.4 Å². The van der Waals surface area contributed by atoms with Crippen LogP contribution in [-0.4, -0.2) is 24.7 Å². The number of hydrogen-bond acceptors (Lipinski definition) is 4. The molecule has 6 heteroatoms. The highest BCUT2D eigenvalue weighted by atomic mass is 79.9. The Morgan fingerprint density at radius 1 is 1.14 bits per heavy atom. The quantitative estimate of drug-likeness (QED) is 0.550. The standard InChI is InChI=1S/C22H24BrNO4/c23-17-1-2-19-16(8-17)9-18(21(26)28-19)20(25)24-3-4-27-22-10-13-5-14(11-22)7-15(6-13)12-22/h1-2,8-9,13-15H,3-7,10-12H2,(H,24,25). The number of benzene rings is 1. The number of carbonyl (C=O) groups excluding carboxylic acids is 1. The number of amides is 1. The zero-order valence-electron chi connectivity index (χ0n) is 15.7. The van der Waals surface area contributed by atoms with Gasteiger partial charge >= 0.3 is 5.63 Å². The van der Waals surface area contributed by atoms with E-state index in [-0.39, 0.29) is 11.2 Å². The Morgan fingerprint density at radius 3 is 2.50 bits per heavy atom. The molecule has 1 amide bonds. The molecule has 5 nitrogen and oxygen atoms in total. The maximum absolute atomic E-state index is 12.5. The summed E-state index contributed by atoms with van der Waals surface area (Å²) < 4.78 is 12.5. The second-order valence-corrected chi connectivity index (χ2v) is 9.75. The second kappa shape index (κ2) is 6.99. The third-order valence-corrected chi connectivity index (χ3v) is 7.21. The second-order valence-electron chi connectivity index (χ2n) is 8.83.